The Labute approximate surface area is 140 Å². The summed E-state index contributed by atoms with van der Waals surface area (Å²) in [6, 6.07) is 6.95. The van der Waals surface area contributed by atoms with Gasteiger partial charge in [-0.2, -0.15) is 0 Å². The zero-order valence-electron chi connectivity index (χ0n) is 13.3. The lowest BCUT2D eigenvalue weighted by molar-refractivity contribution is -0.139. The van der Waals surface area contributed by atoms with E-state index in [9.17, 15) is 9.59 Å². The van der Waals surface area contributed by atoms with E-state index in [-0.39, 0.29) is 11.9 Å². The van der Waals surface area contributed by atoms with Crippen molar-refractivity contribution in [3.63, 3.8) is 0 Å². The smallest absolute Gasteiger partial charge is 0.407 e. The van der Waals surface area contributed by atoms with E-state index in [0.29, 0.717) is 36.7 Å². The minimum atomic E-state index is -0.568. The summed E-state index contributed by atoms with van der Waals surface area (Å²) in [7, 11) is 1.34. The number of likely N-dealkylation sites (tertiary alicyclic amines) is 1. The molecule has 2 amide bonds. The molecule has 1 fully saturated rings. The third-order valence-corrected chi connectivity index (χ3v) is 4.04. The van der Waals surface area contributed by atoms with Crippen molar-refractivity contribution in [1.29, 1.82) is 0 Å². The molecule has 6 nitrogen and oxygen atoms in total. The Hall–Kier alpha value is -1.95. The Balaban J connectivity index is 1.81. The topological polar surface area (TPSA) is 67.9 Å². The molecule has 7 heteroatoms. The van der Waals surface area contributed by atoms with Crippen molar-refractivity contribution in [2.24, 2.45) is 0 Å². The summed E-state index contributed by atoms with van der Waals surface area (Å²) < 4.78 is 10.2. The van der Waals surface area contributed by atoms with Crippen LogP contribution in [0.2, 0.25) is 5.02 Å². The molecule has 1 saturated heterocycles. The van der Waals surface area contributed by atoms with E-state index in [0.717, 1.165) is 0 Å². The first-order valence-electron chi connectivity index (χ1n) is 7.55. The number of piperidine rings is 1. The molecule has 1 aliphatic rings. The highest BCUT2D eigenvalue weighted by atomic mass is 35.5. The monoisotopic (exact) mass is 340 g/mol. The van der Waals surface area contributed by atoms with Gasteiger partial charge >= 0.3 is 6.09 Å². The van der Waals surface area contributed by atoms with Crippen LogP contribution in [0.4, 0.5) is 4.79 Å². The largest absolute Gasteiger partial charge is 0.481 e. The van der Waals surface area contributed by atoms with E-state index in [4.69, 9.17) is 16.3 Å². The molecule has 1 heterocycles. The summed E-state index contributed by atoms with van der Waals surface area (Å²) in [5.74, 6) is 0.550. The number of hydrogen-bond donors (Lipinski definition) is 1. The average molecular weight is 341 g/mol. The standard InChI is InChI=1S/C16H21ClN2O4/c1-11(23-14-5-3-12(17)4-6-14)15(20)19-9-7-13(8-10-19)18-16(21)22-2/h3-6,11,13H,7-10H2,1-2H3,(H,18,21). The molecule has 1 aliphatic heterocycles. The van der Waals surface area contributed by atoms with Crippen molar-refractivity contribution in [3.8, 4) is 5.75 Å². The Kier molecular flexibility index (Phi) is 6.10. The van der Waals surface area contributed by atoms with Crippen LogP contribution < -0.4 is 10.1 Å². The highest BCUT2D eigenvalue weighted by Gasteiger charge is 2.27. The lowest BCUT2D eigenvalue weighted by atomic mass is 10.0. The highest BCUT2D eigenvalue weighted by Crippen LogP contribution is 2.18. The predicted molar refractivity (Wildman–Crippen MR) is 86.7 cm³/mol. The van der Waals surface area contributed by atoms with Gasteiger partial charge in [-0.25, -0.2) is 4.79 Å². The number of carbonyl (C=O) groups is 2. The molecule has 1 aromatic rings. The van der Waals surface area contributed by atoms with Crippen molar-refractivity contribution in [2.45, 2.75) is 31.9 Å². The first-order chi connectivity index (χ1) is 11.0. The first kappa shape index (κ1) is 17.4. The van der Waals surface area contributed by atoms with Gasteiger partial charge in [0, 0.05) is 24.2 Å². The maximum absolute atomic E-state index is 12.4. The minimum absolute atomic E-state index is 0.0407. The third-order valence-electron chi connectivity index (χ3n) is 3.79. The molecule has 23 heavy (non-hydrogen) atoms. The Morgan fingerprint density at radius 3 is 2.43 bits per heavy atom. The second-order valence-corrected chi connectivity index (χ2v) is 5.89. The molecule has 1 atom stereocenters. The molecule has 2 rings (SSSR count). The molecular formula is C16H21ClN2O4. The van der Waals surface area contributed by atoms with Crippen molar-refractivity contribution in [1.82, 2.24) is 10.2 Å². The molecular weight excluding hydrogens is 320 g/mol. The van der Waals surface area contributed by atoms with E-state index in [1.54, 1.807) is 36.1 Å². The van der Waals surface area contributed by atoms with Gasteiger partial charge in [-0.1, -0.05) is 11.6 Å². The van der Waals surface area contributed by atoms with Gasteiger partial charge in [0.1, 0.15) is 5.75 Å². The van der Waals surface area contributed by atoms with Crippen LogP contribution in [0.25, 0.3) is 0 Å². The fraction of sp³-hybridized carbons (Fsp3) is 0.500. The lowest BCUT2D eigenvalue weighted by Crippen LogP contribution is -2.49. The number of hydrogen-bond acceptors (Lipinski definition) is 4. The second-order valence-electron chi connectivity index (χ2n) is 5.45. The number of nitrogens with zero attached hydrogens (tertiary/aromatic N) is 1. The summed E-state index contributed by atoms with van der Waals surface area (Å²) in [6.07, 6.45) is 0.402. The summed E-state index contributed by atoms with van der Waals surface area (Å²) >= 11 is 5.82. The van der Waals surface area contributed by atoms with Crippen LogP contribution in [-0.2, 0) is 9.53 Å². The van der Waals surface area contributed by atoms with E-state index in [1.807, 2.05) is 0 Å². The fourth-order valence-electron chi connectivity index (χ4n) is 2.49. The van der Waals surface area contributed by atoms with Crippen molar-refractivity contribution in [3.05, 3.63) is 29.3 Å². The van der Waals surface area contributed by atoms with Crippen LogP contribution in [-0.4, -0.2) is 49.2 Å². The molecule has 0 radical (unpaired) electrons. The first-order valence-corrected chi connectivity index (χ1v) is 7.93. The maximum Gasteiger partial charge on any atom is 0.407 e. The van der Waals surface area contributed by atoms with E-state index in [2.05, 4.69) is 10.1 Å². The predicted octanol–water partition coefficient (Wildman–Crippen LogP) is 2.45. The van der Waals surface area contributed by atoms with Gasteiger partial charge in [0.2, 0.25) is 0 Å². The van der Waals surface area contributed by atoms with Crippen LogP contribution in [0.3, 0.4) is 0 Å². The van der Waals surface area contributed by atoms with Gasteiger partial charge in [0.05, 0.1) is 7.11 Å². The second kappa shape index (κ2) is 8.06. The molecule has 0 saturated carbocycles. The molecule has 0 bridgehead atoms. The van der Waals surface area contributed by atoms with Gasteiger partial charge in [0.25, 0.3) is 5.91 Å². The Morgan fingerprint density at radius 1 is 1.26 bits per heavy atom. The summed E-state index contributed by atoms with van der Waals surface area (Å²) in [6.45, 7) is 2.90. The maximum atomic E-state index is 12.4. The third kappa shape index (κ3) is 5.03. The lowest BCUT2D eigenvalue weighted by Gasteiger charge is -2.33. The Bertz CT molecular complexity index is 542. The van der Waals surface area contributed by atoms with Crippen LogP contribution in [0.15, 0.2) is 24.3 Å². The van der Waals surface area contributed by atoms with Crippen molar-refractivity contribution in [2.75, 3.05) is 20.2 Å². The van der Waals surface area contributed by atoms with Gasteiger partial charge < -0.3 is 19.7 Å². The van der Waals surface area contributed by atoms with Gasteiger partial charge in [-0.15, -0.1) is 0 Å². The van der Waals surface area contributed by atoms with E-state index in [1.165, 1.54) is 7.11 Å². The Morgan fingerprint density at radius 2 is 1.87 bits per heavy atom. The van der Waals surface area contributed by atoms with Crippen LogP contribution in [0.1, 0.15) is 19.8 Å². The number of carbonyl (C=O) groups excluding carboxylic acids is 2. The average Bonchev–Trinajstić information content (AvgIpc) is 2.56. The van der Waals surface area contributed by atoms with E-state index >= 15 is 0 Å². The molecule has 0 aromatic heterocycles. The molecule has 126 valence electrons. The highest BCUT2D eigenvalue weighted by molar-refractivity contribution is 6.30. The fourth-order valence-corrected chi connectivity index (χ4v) is 2.62. The molecule has 1 aromatic carbocycles. The SMILES string of the molecule is COC(=O)NC1CCN(C(=O)C(C)Oc2ccc(Cl)cc2)CC1. The number of methoxy groups -OCH3 is 1. The summed E-state index contributed by atoms with van der Waals surface area (Å²) in [4.78, 5) is 25.4. The summed E-state index contributed by atoms with van der Waals surface area (Å²) in [5.41, 5.74) is 0. The number of rotatable bonds is 4. The van der Waals surface area contributed by atoms with Crippen LogP contribution in [0, 0.1) is 0 Å². The number of ether oxygens (including phenoxy) is 2. The number of amides is 2. The summed E-state index contributed by atoms with van der Waals surface area (Å²) in [5, 5.41) is 3.38. The van der Waals surface area contributed by atoms with Crippen LogP contribution >= 0.6 is 11.6 Å². The molecule has 0 aliphatic carbocycles. The van der Waals surface area contributed by atoms with E-state index < -0.39 is 12.2 Å². The normalized spacial score (nSPS) is 16.6. The molecule has 1 N–H and O–H groups in total. The van der Waals surface area contributed by atoms with Gasteiger partial charge in [0.15, 0.2) is 6.10 Å². The number of benzene rings is 1. The zero-order valence-corrected chi connectivity index (χ0v) is 14.0. The van der Waals surface area contributed by atoms with Crippen molar-refractivity contribution >= 4 is 23.6 Å². The van der Waals surface area contributed by atoms with Crippen molar-refractivity contribution < 1.29 is 19.1 Å². The number of halogens is 1. The molecule has 0 spiro atoms. The number of alkyl carbamates (subject to hydrolysis) is 1. The number of nitrogens with one attached hydrogen (secondary N) is 1. The quantitative estimate of drug-likeness (QED) is 0.914. The van der Waals surface area contributed by atoms with Gasteiger partial charge in [-0.3, -0.25) is 4.79 Å². The minimum Gasteiger partial charge on any atom is -0.481 e. The van der Waals surface area contributed by atoms with Gasteiger partial charge in [-0.05, 0) is 44.0 Å². The zero-order chi connectivity index (χ0) is 16.8. The van der Waals surface area contributed by atoms with Crippen LogP contribution in [0.5, 0.6) is 5.75 Å². The molecule has 1 unspecified atom stereocenters.